The van der Waals surface area contributed by atoms with Crippen molar-refractivity contribution in [3.8, 4) is 0 Å². The van der Waals surface area contributed by atoms with Crippen LogP contribution in [-0.4, -0.2) is 11.7 Å². The second-order valence-electron chi connectivity index (χ2n) is 8.73. The smallest absolute Gasteiger partial charge is 0.224 e. The number of amides is 1. The fourth-order valence-corrected chi connectivity index (χ4v) is 4.97. The van der Waals surface area contributed by atoms with E-state index in [0.29, 0.717) is 51.1 Å². The van der Waals surface area contributed by atoms with Gasteiger partial charge in [-0.1, -0.05) is 49.2 Å². The minimum Gasteiger partial charge on any atom is -0.357 e. The van der Waals surface area contributed by atoms with Gasteiger partial charge in [-0.25, -0.2) is 4.85 Å². The Balaban J connectivity index is 2.06. The molecule has 0 saturated heterocycles. The van der Waals surface area contributed by atoms with E-state index in [9.17, 15) is 9.59 Å². The van der Waals surface area contributed by atoms with Gasteiger partial charge in [-0.2, -0.15) is 0 Å². The summed E-state index contributed by atoms with van der Waals surface area (Å²) in [6.45, 7) is 13.0. The van der Waals surface area contributed by atoms with Crippen molar-refractivity contribution in [3.05, 3.63) is 74.7 Å². The van der Waals surface area contributed by atoms with E-state index in [4.69, 9.17) is 29.8 Å². The number of benzene rings is 2. The Kier molecular flexibility index (Phi) is 5.33. The number of allylic oxidation sites excluding steroid dienone is 1. The second kappa shape index (κ2) is 7.71. The number of Topliss-reactive ketones (excluding diaryl/α,β-unsaturated/α-hetero) is 1. The van der Waals surface area contributed by atoms with E-state index in [1.807, 2.05) is 0 Å². The quantitative estimate of drug-likeness (QED) is 0.488. The van der Waals surface area contributed by atoms with Crippen molar-refractivity contribution >= 4 is 52.0 Å². The van der Waals surface area contributed by atoms with Gasteiger partial charge in [-0.3, -0.25) is 14.5 Å². The topological polar surface area (TPSA) is 53.8 Å². The summed E-state index contributed by atoms with van der Waals surface area (Å²) >= 11 is 12.7. The lowest BCUT2D eigenvalue weighted by atomic mass is 9.73. The van der Waals surface area contributed by atoms with Gasteiger partial charge in [0, 0.05) is 34.7 Å². The Morgan fingerprint density at radius 1 is 1.19 bits per heavy atom. The van der Waals surface area contributed by atoms with Crippen molar-refractivity contribution in [1.29, 1.82) is 0 Å². The first-order chi connectivity index (χ1) is 14.6. The Hall–Kier alpha value is -2.81. The van der Waals surface area contributed by atoms with Gasteiger partial charge in [-0.15, -0.1) is 0 Å². The molecule has 1 aliphatic carbocycles. The fourth-order valence-electron chi connectivity index (χ4n) is 4.46. The predicted octanol–water partition coefficient (Wildman–Crippen LogP) is 6.71. The van der Waals surface area contributed by atoms with Crippen LogP contribution in [0, 0.1) is 12.0 Å². The summed E-state index contributed by atoms with van der Waals surface area (Å²) in [6.07, 6.45) is 1.01. The highest BCUT2D eigenvalue weighted by molar-refractivity contribution is 6.35. The van der Waals surface area contributed by atoms with Crippen molar-refractivity contribution in [2.24, 2.45) is 5.41 Å². The maximum atomic E-state index is 13.4. The molecule has 0 aromatic heterocycles. The number of hydrogen-bond donors (Lipinski definition) is 1. The lowest BCUT2D eigenvalue weighted by Gasteiger charge is -2.37. The summed E-state index contributed by atoms with van der Waals surface area (Å²) in [4.78, 5) is 31.5. The molecule has 1 heterocycles. The monoisotopic (exact) mass is 453 g/mol. The van der Waals surface area contributed by atoms with Crippen LogP contribution in [0.15, 0.2) is 47.7 Å². The molecule has 1 unspecified atom stereocenters. The normalized spacial score (nSPS) is 19.7. The number of fused-ring (bicyclic) bond motifs is 1. The highest BCUT2D eigenvalue weighted by atomic mass is 35.5. The van der Waals surface area contributed by atoms with Crippen LogP contribution in [-0.2, 0) is 9.59 Å². The van der Waals surface area contributed by atoms with Gasteiger partial charge >= 0.3 is 0 Å². The number of carbonyl (C=O) groups excluding carboxylic acids is 2. The van der Waals surface area contributed by atoms with Crippen molar-refractivity contribution in [2.75, 3.05) is 10.2 Å². The molecule has 2 aliphatic rings. The third-order valence-electron chi connectivity index (χ3n) is 5.70. The number of hydrogen-bond acceptors (Lipinski definition) is 3. The van der Waals surface area contributed by atoms with Gasteiger partial charge in [0.2, 0.25) is 5.91 Å². The maximum Gasteiger partial charge on any atom is 0.224 e. The fraction of sp³-hybridized carbons (Fsp3) is 0.292. The number of rotatable bonds is 1. The Labute approximate surface area is 191 Å². The Morgan fingerprint density at radius 3 is 2.58 bits per heavy atom. The molecule has 1 aliphatic heterocycles. The zero-order chi connectivity index (χ0) is 22.5. The molecule has 31 heavy (non-hydrogen) atoms. The first kappa shape index (κ1) is 21.4. The first-order valence-corrected chi connectivity index (χ1v) is 10.7. The van der Waals surface area contributed by atoms with Crippen LogP contribution in [0.25, 0.3) is 4.85 Å². The van der Waals surface area contributed by atoms with E-state index in [0.717, 1.165) is 5.70 Å². The van der Waals surface area contributed by atoms with E-state index in [1.165, 1.54) is 6.92 Å². The van der Waals surface area contributed by atoms with E-state index in [-0.39, 0.29) is 17.1 Å². The molecule has 4 rings (SSSR count). The van der Waals surface area contributed by atoms with Crippen LogP contribution in [0.2, 0.25) is 10.0 Å². The number of nitrogens with one attached hydrogen (secondary N) is 1. The molecule has 0 spiro atoms. The van der Waals surface area contributed by atoms with Gasteiger partial charge in [0.15, 0.2) is 11.5 Å². The van der Waals surface area contributed by atoms with Gasteiger partial charge in [0.1, 0.15) is 0 Å². The molecule has 1 atom stereocenters. The highest BCUT2D eigenvalue weighted by Gasteiger charge is 2.43. The number of nitrogens with zero attached hydrogens (tertiary/aromatic N) is 2. The summed E-state index contributed by atoms with van der Waals surface area (Å²) in [5.41, 5.74) is 3.31. The second-order valence-corrected chi connectivity index (χ2v) is 9.57. The van der Waals surface area contributed by atoms with E-state index < -0.39 is 6.04 Å². The van der Waals surface area contributed by atoms with Crippen LogP contribution < -0.4 is 10.2 Å². The minimum atomic E-state index is -0.726. The zero-order valence-electron chi connectivity index (χ0n) is 17.4. The number of ketones is 1. The molecule has 0 bridgehead atoms. The van der Waals surface area contributed by atoms with Gasteiger partial charge in [0.25, 0.3) is 0 Å². The molecule has 2 aromatic rings. The van der Waals surface area contributed by atoms with Crippen molar-refractivity contribution in [2.45, 2.75) is 39.7 Å². The molecular weight excluding hydrogens is 433 g/mol. The van der Waals surface area contributed by atoms with Crippen molar-refractivity contribution in [3.63, 3.8) is 0 Å². The molecule has 1 amide bonds. The predicted molar refractivity (Wildman–Crippen MR) is 124 cm³/mol. The molecule has 0 radical (unpaired) electrons. The number of carbonyl (C=O) groups is 2. The zero-order valence-corrected chi connectivity index (χ0v) is 18.9. The van der Waals surface area contributed by atoms with Crippen LogP contribution in [0.3, 0.4) is 0 Å². The van der Waals surface area contributed by atoms with Crippen LogP contribution >= 0.6 is 23.2 Å². The molecule has 2 aromatic carbocycles. The SMILES string of the molecule is [C-]#[N+]c1ccc2c(c1)N(C(C)=O)C(c1ccc(Cl)cc1Cl)C1=C(CC(C)(C)CC1=O)N2. The average molecular weight is 454 g/mol. The van der Waals surface area contributed by atoms with Gasteiger partial charge in [0.05, 0.1) is 24.0 Å². The summed E-state index contributed by atoms with van der Waals surface area (Å²) < 4.78 is 0. The molecule has 0 fully saturated rings. The molecule has 0 saturated carbocycles. The van der Waals surface area contributed by atoms with E-state index in [1.54, 1.807) is 41.3 Å². The largest absolute Gasteiger partial charge is 0.357 e. The number of halogens is 2. The lowest BCUT2D eigenvalue weighted by molar-refractivity contribution is -0.118. The minimum absolute atomic E-state index is 0.0285. The summed E-state index contributed by atoms with van der Waals surface area (Å²) in [6, 6.07) is 9.49. The van der Waals surface area contributed by atoms with Gasteiger partial charge < -0.3 is 5.32 Å². The summed E-state index contributed by atoms with van der Waals surface area (Å²) in [5.74, 6) is -0.285. The molecule has 158 valence electrons. The average Bonchev–Trinajstić information content (AvgIpc) is 2.80. The molecular formula is C24H21Cl2N3O2. The van der Waals surface area contributed by atoms with Gasteiger partial charge in [-0.05, 0) is 41.7 Å². The number of anilines is 2. The standard InChI is InChI=1S/C24H21Cl2N3O2/c1-13(30)29-20-10-15(27-4)6-8-18(20)28-19-11-24(2,3)12-21(31)22(19)23(29)16-7-5-14(25)9-17(16)26/h5-10,23,28H,11-12H2,1-3H3. The van der Waals surface area contributed by atoms with E-state index in [2.05, 4.69) is 24.0 Å². The van der Waals surface area contributed by atoms with E-state index >= 15 is 0 Å². The first-order valence-electron chi connectivity index (χ1n) is 9.91. The van der Waals surface area contributed by atoms with Crippen molar-refractivity contribution in [1.82, 2.24) is 0 Å². The third-order valence-corrected chi connectivity index (χ3v) is 6.27. The van der Waals surface area contributed by atoms with Crippen molar-refractivity contribution < 1.29 is 9.59 Å². The summed E-state index contributed by atoms with van der Waals surface area (Å²) in [5, 5.41) is 4.25. The molecule has 5 nitrogen and oxygen atoms in total. The van der Waals surface area contributed by atoms with Crippen LogP contribution in [0.5, 0.6) is 0 Å². The van der Waals surface area contributed by atoms with Crippen LogP contribution in [0.1, 0.15) is 45.2 Å². The molecule has 7 heteroatoms. The highest BCUT2D eigenvalue weighted by Crippen LogP contribution is 2.50. The Bertz CT molecular complexity index is 1190. The summed E-state index contributed by atoms with van der Waals surface area (Å²) in [7, 11) is 0. The molecule has 1 N–H and O–H groups in total. The van der Waals surface area contributed by atoms with Crippen LogP contribution in [0.4, 0.5) is 17.1 Å². The third kappa shape index (κ3) is 3.82. The maximum absolute atomic E-state index is 13.4. The lowest BCUT2D eigenvalue weighted by Crippen LogP contribution is -2.38. The Morgan fingerprint density at radius 2 is 1.94 bits per heavy atom.